The van der Waals surface area contributed by atoms with Crippen molar-refractivity contribution in [1.29, 1.82) is 5.26 Å². The molecule has 1 unspecified atom stereocenters. The van der Waals surface area contributed by atoms with E-state index in [0.717, 1.165) is 6.07 Å². The summed E-state index contributed by atoms with van der Waals surface area (Å²) in [4.78, 5) is 12.1. The maximum atomic E-state index is 12.9. The third-order valence-corrected chi connectivity index (χ3v) is 2.73. The third kappa shape index (κ3) is 3.04. The Hall–Kier alpha value is -1.40. The van der Waals surface area contributed by atoms with E-state index in [9.17, 15) is 9.18 Å². The van der Waals surface area contributed by atoms with Gasteiger partial charge >= 0.3 is 0 Å². The highest BCUT2D eigenvalue weighted by Crippen LogP contribution is 2.31. The number of carbonyl (C=O) groups is 1. The molecule has 1 rings (SSSR count). The van der Waals surface area contributed by atoms with Crippen molar-refractivity contribution in [3.8, 4) is 6.07 Å². The average Bonchev–Trinajstić information content (AvgIpc) is 2.20. The van der Waals surface area contributed by atoms with Crippen LogP contribution in [0.25, 0.3) is 0 Å². The molecule has 0 bridgehead atoms. The molecule has 17 heavy (non-hydrogen) atoms. The third-order valence-electron chi connectivity index (χ3n) is 2.40. The minimum Gasteiger partial charge on any atom is -0.297 e. The average molecular weight is 254 g/mol. The Morgan fingerprint density at radius 1 is 1.47 bits per heavy atom. The second kappa shape index (κ2) is 4.85. The van der Waals surface area contributed by atoms with Crippen LogP contribution in [0.5, 0.6) is 0 Å². The van der Waals surface area contributed by atoms with Gasteiger partial charge in [-0.15, -0.1) is 0 Å². The van der Waals surface area contributed by atoms with Crippen LogP contribution in [-0.2, 0) is 4.79 Å². The van der Waals surface area contributed by atoms with Crippen molar-refractivity contribution in [1.82, 2.24) is 0 Å². The van der Waals surface area contributed by atoms with Gasteiger partial charge in [0.15, 0.2) is 5.78 Å². The molecule has 2 nitrogen and oxygen atoms in total. The molecule has 1 atom stereocenters. The molecule has 0 radical (unpaired) electrons. The van der Waals surface area contributed by atoms with Gasteiger partial charge in [-0.1, -0.05) is 38.4 Å². The first-order valence-electron chi connectivity index (χ1n) is 5.16. The highest BCUT2D eigenvalue weighted by molar-refractivity contribution is 6.31. The summed E-state index contributed by atoms with van der Waals surface area (Å²) in [6.45, 7) is 5.20. The lowest BCUT2D eigenvalue weighted by molar-refractivity contribution is -0.126. The highest BCUT2D eigenvalue weighted by Gasteiger charge is 2.32. The summed E-state index contributed by atoms with van der Waals surface area (Å²) in [5, 5.41) is 9.19. The summed E-state index contributed by atoms with van der Waals surface area (Å²) in [5.74, 6) is -1.67. The minimum atomic E-state index is -0.955. The standard InChI is InChI=1S/C13H13ClFNO/c1-13(2,3)12(17)10(7-16)9-5-4-8(15)6-11(9)14/h4-6,10H,1-3H3. The summed E-state index contributed by atoms with van der Waals surface area (Å²) >= 11 is 5.85. The topological polar surface area (TPSA) is 40.9 Å². The van der Waals surface area contributed by atoms with Crippen molar-refractivity contribution in [2.75, 3.05) is 0 Å². The van der Waals surface area contributed by atoms with Crippen LogP contribution in [0.4, 0.5) is 4.39 Å². The van der Waals surface area contributed by atoms with Crippen LogP contribution in [0.2, 0.25) is 5.02 Å². The molecule has 4 heteroatoms. The Labute approximate surface area is 105 Å². The predicted octanol–water partition coefficient (Wildman–Crippen LogP) is 3.70. The van der Waals surface area contributed by atoms with Crippen LogP contribution in [0.1, 0.15) is 32.3 Å². The van der Waals surface area contributed by atoms with Gasteiger partial charge in [-0.25, -0.2) is 4.39 Å². The Morgan fingerprint density at radius 2 is 2.06 bits per heavy atom. The fourth-order valence-electron chi connectivity index (χ4n) is 1.44. The molecule has 0 N–H and O–H groups in total. The molecule has 0 spiro atoms. The van der Waals surface area contributed by atoms with E-state index in [1.165, 1.54) is 12.1 Å². The number of rotatable bonds is 2. The van der Waals surface area contributed by atoms with Crippen LogP contribution in [-0.4, -0.2) is 5.78 Å². The fraction of sp³-hybridized carbons (Fsp3) is 0.385. The van der Waals surface area contributed by atoms with Crippen molar-refractivity contribution >= 4 is 17.4 Å². The van der Waals surface area contributed by atoms with Crippen molar-refractivity contribution in [3.05, 3.63) is 34.6 Å². The van der Waals surface area contributed by atoms with E-state index in [0.29, 0.717) is 5.56 Å². The monoisotopic (exact) mass is 253 g/mol. The van der Waals surface area contributed by atoms with Gasteiger partial charge < -0.3 is 0 Å². The van der Waals surface area contributed by atoms with Crippen molar-refractivity contribution in [2.45, 2.75) is 26.7 Å². The van der Waals surface area contributed by atoms with Crippen LogP contribution >= 0.6 is 11.6 Å². The molecule has 1 aromatic carbocycles. The van der Waals surface area contributed by atoms with Gasteiger partial charge in [0.1, 0.15) is 11.7 Å². The van der Waals surface area contributed by atoms with E-state index in [-0.39, 0.29) is 10.8 Å². The van der Waals surface area contributed by atoms with Gasteiger partial charge in [0.25, 0.3) is 0 Å². The molecule has 0 aliphatic heterocycles. The molecule has 0 saturated heterocycles. The summed E-state index contributed by atoms with van der Waals surface area (Å²) in [6, 6.07) is 5.62. The van der Waals surface area contributed by atoms with Gasteiger partial charge in [-0.2, -0.15) is 5.26 Å². The summed E-state index contributed by atoms with van der Waals surface area (Å²) in [6.07, 6.45) is 0. The van der Waals surface area contributed by atoms with Gasteiger partial charge in [-0.3, -0.25) is 4.79 Å². The number of Topliss-reactive ketones (excluding diaryl/α,β-unsaturated/α-hetero) is 1. The molecule has 0 saturated carbocycles. The zero-order chi connectivity index (χ0) is 13.2. The molecule has 0 aromatic heterocycles. The number of halogens is 2. The quantitative estimate of drug-likeness (QED) is 0.806. The van der Waals surface area contributed by atoms with Crippen LogP contribution < -0.4 is 0 Å². The number of ketones is 1. The van der Waals surface area contributed by atoms with Crippen LogP contribution in [0.3, 0.4) is 0 Å². The van der Waals surface area contributed by atoms with E-state index in [2.05, 4.69) is 0 Å². The molecule has 0 heterocycles. The van der Waals surface area contributed by atoms with Gasteiger partial charge in [-0.05, 0) is 17.7 Å². The second-order valence-corrected chi connectivity index (χ2v) is 5.25. The van der Waals surface area contributed by atoms with Gasteiger partial charge in [0.05, 0.1) is 6.07 Å². The normalized spacial score (nSPS) is 12.9. The zero-order valence-electron chi connectivity index (χ0n) is 9.92. The van der Waals surface area contributed by atoms with Crippen LogP contribution in [0, 0.1) is 22.6 Å². The summed E-state index contributed by atoms with van der Waals surface area (Å²) in [7, 11) is 0. The van der Waals surface area contributed by atoms with E-state index in [1.54, 1.807) is 20.8 Å². The number of carbonyl (C=O) groups excluding carboxylic acids is 1. The smallest absolute Gasteiger partial charge is 0.159 e. The molecule has 90 valence electrons. The van der Waals surface area contributed by atoms with Gasteiger partial charge in [0, 0.05) is 10.4 Å². The Bertz CT molecular complexity index is 485. The highest BCUT2D eigenvalue weighted by atomic mass is 35.5. The maximum Gasteiger partial charge on any atom is 0.159 e. The summed E-state index contributed by atoms with van der Waals surface area (Å²) < 4.78 is 12.9. The fourth-order valence-corrected chi connectivity index (χ4v) is 1.71. The predicted molar refractivity (Wildman–Crippen MR) is 64.2 cm³/mol. The first-order valence-corrected chi connectivity index (χ1v) is 5.54. The molecule has 0 aliphatic rings. The number of hydrogen-bond donors (Lipinski definition) is 0. The lowest BCUT2D eigenvalue weighted by Gasteiger charge is -2.21. The second-order valence-electron chi connectivity index (χ2n) is 4.84. The Balaban J connectivity index is 3.21. The van der Waals surface area contributed by atoms with Crippen molar-refractivity contribution in [3.63, 3.8) is 0 Å². The summed E-state index contributed by atoms with van der Waals surface area (Å²) in [5.41, 5.74) is -0.284. The molecule has 0 amide bonds. The largest absolute Gasteiger partial charge is 0.297 e. The molecule has 1 aromatic rings. The van der Waals surface area contributed by atoms with Crippen molar-refractivity contribution < 1.29 is 9.18 Å². The number of nitrogens with zero attached hydrogens (tertiary/aromatic N) is 1. The zero-order valence-corrected chi connectivity index (χ0v) is 10.7. The molecular formula is C13H13ClFNO. The maximum absolute atomic E-state index is 12.9. The van der Waals surface area contributed by atoms with Crippen molar-refractivity contribution in [2.24, 2.45) is 5.41 Å². The van der Waals surface area contributed by atoms with Crippen LogP contribution in [0.15, 0.2) is 18.2 Å². The van der Waals surface area contributed by atoms with E-state index >= 15 is 0 Å². The van der Waals surface area contributed by atoms with E-state index in [1.807, 2.05) is 6.07 Å². The minimum absolute atomic E-state index is 0.106. The van der Waals surface area contributed by atoms with E-state index in [4.69, 9.17) is 16.9 Å². The number of benzene rings is 1. The Kier molecular flexibility index (Phi) is 3.90. The molecule has 0 aliphatic carbocycles. The lowest BCUT2D eigenvalue weighted by atomic mass is 9.80. The van der Waals surface area contributed by atoms with Gasteiger partial charge in [0.2, 0.25) is 0 Å². The Morgan fingerprint density at radius 3 is 2.47 bits per heavy atom. The molecular weight excluding hydrogens is 241 g/mol. The SMILES string of the molecule is CC(C)(C)C(=O)C(C#N)c1ccc(F)cc1Cl. The number of nitriles is 1. The first-order chi connectivity index (χ1) is 7.77. The van der Waals surface area contributed by atoms with E-state index < -0.39 is 17.2 Å². The molecule has 0 fully saturated rings. The lowest BCUT2D eigenvalue weighted by Crippen LogP contribution is -2.26. The number of hydrogen-bond acceptors (Lipinski definition) is 2. The first kappa shape index (κ1) is 13.7.